The van der Waals surface area contributed by atoms with Gasteiger partial charge in [0.15, 0.2) is 0 Å². The maximum Gasteiger partial charge on any atom is 0.148 e. The van der Waals surface area contributed by atoms with Gasteiger partial charge < -0.3 is 9.80 Å². The van der Waals surface area contributed by atoms with E-state index in [0.717, 1.165) is 43.4 Å². The van der Waals surface area contributed by atoms with Crippen LogP contribution in [0.15, 0.2) is 182 Å². The first-order valence-corrected chi connectivity index (χ1v) is 22.3. The number of nitrogens with zero attached hydrogens (tertiary/aromatic N) is 2. The smallest absolute Gasteiger partial charge is 0.148 e. The van der Waals surface area contributed by atoms with Gasteiger partial charge in [-0.1, -0.05) is 163 Å². The van der Waals surface area contributed by atoms with Crippen LogP contribution in [0.3, 0.4) is 0 Å². The normalized spacial score (nSPS) is 12.1. The quantitative estimate of drug-likeness (QED) is 0.111. The number of anilines is 6. The molecule has 0 N–H and O–H groups in total. The zero-order valence-electron chi connectivity index (χ0n) is 37.7. The molecule has 0 aliphatic heterocycles. The second kappa shape index (κ2) is 16.2. The zero-order valence-corrected chi connectivity index (χ0v) is 37.7. The fourth-order valence-electron chi connectivity index (χ4n) is 9.29. The highest BCUT2D eigenvalue weighted by Gasteiger charge is 2.27. The maximum atomic E-state index is 16.9. The molecule has 0 aliphatic rings. The third kappa shape index (κ3) is 7.50. The number of para-hydroxylation sites is 2. The van der Waals surface area contributed by atoms with E-state index in [2.05, 4.69) is 41.5 Å². The summed E-state index contributed by atoms with van der Waals surface area (Å²) in [4.78, 5) is 3.54. The highest BCUT2D eigenvalue weighted by Crippen LogP contribution is 2.49. The van der Waals surface area contributed by atoms with Crippen LogP contribution in [0.2, 0.25) is 0 Å². The average molecular weight is 873 g/mol. The molecule has 0 atom stereocenters. The number of rotatable bonds is 8. The van der Waals surface area contributed by atoms with E-state index in [9.17, 15) is 0 Å². The van der Waals surface area contributed by atoms with Gasteiger partial charge in [-0.2, -0.15) is 0 Å². The Balaban J connectivity index is 1.15. The van der Waals surface area contributed by atoms with Gasteiger partial charge in [-0.15, -0.1) is 0 Å². The van der Waals surface area contributed by atoms with Crippen LogP contribution in [0.4, 0.5) is 51.7 Å². The minimum atomic E-state index is -0.579. The summed E-state index contributed by atoms with van der Waals surface area (Å²) in [5.74, 6) is -2.25. The molecular weight excluding hydrogens is 825 g/mol. The highest BCUT2D eigenvalue weighted by atomic mass is 19.1. The Morgan fingerprint density at radius 3 is 1.09 bits per heavy atom. The second-order valence-electron chi connectivity index (χ2n) is 19.2. The molecule has 0 bridgehead atoms. The van der Waals surface area contributed by atoms with Crippen LogP contribution in [0, 0.1) is 23.3 Å². The summed E-state index contributed by atoms with van der Waals surface area (Å²) in [6, 6.07) is 55.2. The van der Waals surface area contributed by atoms with E-state index in [1.54, 1.807) is 9.80 Å². The van der Waals surface area contributed by atoms with E-state index in [1.807, 2.05) is 158 Å². The Labute approximate surface area is 383 Å². The van der Waals surface area contributed by atoms with Crippen molar-refractivity contribution in [2.24, 2.45) is 0 Å². The average Bonchev–Trinajstić information content (AvgIpc) is 3.31. The standard InChI is InChI=1S/C60H48F4N2/c1-59(2,3)41-17-13-15-39(31-41)47-33-51(63)55(35-49(47)61)65(43-19-9-7-10-20-43)53-29-25-37-24-28-46-54(30-26-38-23-27-45(53)57(37)58(38)46)66(44-21-11-8-12-22-44)56-36-50(62)48(34-52(56)64)40-16-14-18-42(32-40)60(4,5)6/h7-36H,1-6H3. The van der Waals surface area contributed by atoms with Crippen LogP contribution in [0.5, 0.6) is 0 Å². The molecule has 0 aromatic heterocycles. The van der Waals surface area contributed by atoms with Gasteiger partial charge in [0.2, 0.25) is 0 Å². The molecule has 326 valence electrons. The van der Waals surface area contributed by atoms with Gasteiger partial charge in [0, 0.05) is 45.4 Å². The Kier molecular flexibility index (Phi) is 10.4. The molecule has 0 amide bonds. The first kappa shape index (κ1) is 42.5. The van der Waals surface area contributed by atoms with Crippen LogP contribution in [-0.2, 0) is 10.8 Å². The minimum absolute atomic E-state index is 0.0616. The molecule has 66 heavy (non-hydrogen) atoms. The van der Waals surface area contributed by atoms with E-state index in [0.29, 0.717) is 33.9 Å². The molecule has 10 rings (SSSR count). The molecule has 0 saturated heterocycles. The summed E-state index contributed by atoms with van der Waals surface area (Å²) in [5.41, 5.74) is 5.97. The summed E-state index contributed by atoms with van der Waals surface area (Å²) >= 11 is 0. The molecule has 0 spiro atoms. The lowest BCUT2D eigenvalue weighted by molar-refractivity contribution is 0.589. The van der Waals surface area contributed by atoms with Gasteiger partial charge in [0.05, 0.1) is 22.7 Å². The van der Waals surface area contributed by atoms with Crippen molar-refractivity contribution < 1.29 is 17.6 Å². The van der Waals surface area contributed by atoms with Crippen molar-refractivity contribution in [3.63, 3.8) is 0 Å². The Bertz CT molecular complexity index is 3210. The summed E-state index contributed by atoms with van der Waals surface area (Å²) < 4.78 is 66.9. The third-order valence-electron chi connectivity index (χ3n) is 12.8. The van der Waals surface area contributed by atoms with Gasteiger partial charge in [0.25, 0.3) is 0 Å². The third-order valence-corrected chi connectivity index (χ3v) is 12.8. The van der Waals surface area contributed by atoms with Crippen molar-refractivity contribution in [3.8, 4) is 22.3 Å². The molecule has 2 nitrogen and oxygen atoms in total. The van der Waals surface area contributed by atoms with E-state index >= 15 is 17.6 Å². The van der Waals surface area contributed by atoms with E-state index in [4.69, 9.17) is 0 Å². The lowest BCUT2D eigenvalue weighted by atomic mass is 9.85. The fourth-order valence-corrected chi connectivity index (χ4v) is 9.29. The van der Waals surface area contributed by atoms with Crippen molar-refractivity contribution in [2.75, 3.05) is 9.80 Å². The van der Waals surface area contributed by atoms with Gasteiger partial charge in [-0.05, 0) is 103 Å². The number of benzene rings is 10. The molecular formula is C60H48F4N2. The van der Waals surface area contributed by atoms with Crippen molar-refractivity contribution in [2.45, 2.75) is 52.4 Å². The predicted octanol–water partition coefficient (Wildman–Crippen LogP) is 18.0. The Morgan fingerprint density at radius 2 is 0.712 bits per heavy atom. The second-order valence-corrected chi connectivity index (χ2v) is 19.2. The maximum absolute atomic E-state index is 16.9. The molecule has 0 fully saturated rings. The SMILES string of the molecule is CC(C)(C)c1cccc(-c2cc(F)c(N(c3ccccc3)c3ccc4ccc5c(N(c6ccccc6)c6cc(F)c(-c7cccc(C(C)(C)C)c7)cc6F)ccc6ccc3c4c65)cc2F)c1. The molecule has 0 saturated carbocycles. The van der Waals surface area contributed by atoms with E-state index < -0.39 is 23.3 Å². The van der Waals surface area contributed by atoms with Gasteiger partial charge in [0.1, 0.15) is 23.3 Å². The fraction of sp³-hybridized carbons (Fsp3) is 0.133. The number of hydrogen-bond donors (Lipinski definition) is 0. The molecule has 0 aliphatic carbocycles. The lowest BCUT2D eigenvalue weighted by Crippen LogP contribution is -2.14. The highest BCUT2D eigenvalue weighted by molar-refractivity contribution is 6.28. The molecule has 6 heteroatoms. The van der Waals surface area contributed by atoms with Crippen molar-refractivity contribution in [1.29, 1.82) is 0 Å². The monoisotopic (exact) mass is 872 g/mol. The van der Waals surface area contributed by atoms with Gasteiger partial charge in [-0.3, -0.25) is 0 Å². The first-order chi connectivity index (χ1) is 31.7. The van der Waals surface area contributed by atoms with Crippen molar-refractivity contribution in [3.05, 3.63) is 216 Å². The van der Waals surface area contributed by atoms with E-state index in [-0.39, 0.29) is 33.3 Å². The molecule has 0 heterocycles. The Hall–Kier alpha value is -7.44. The predicted molar refractivity (Wildman–Crippen MR) is 268 cm³/mol. The Morgan fingerprint density at radius 1 is 0.333 bits per heavy atom. The molecule has 10 aromatic carbocycles. The van der Waals surface area contributed by atoms with Crippen molar-refractivity contribution >= 4 is 66.4 Å². The molecule has 0 radical (unpaired) electrons. The first-order valence-electron chi connectivity index (χ1n) is 22.3. The van der Waals surface area contributed by atoms with Gasteiger partial charge >= 0.3 is 0 Å². The number of halogens is 4. The molecule has 10 aromatic rings. The summed E-state index contributed by atoms with van der Waals surface area (Å²) in [5, 5.41) is 5.27. The van der Waals surface area contributed by atoms with Crippen LogP contribution in [0.1, 0.15) is 52.7 Å². The number of hydrogen-bond acceptors (Lipinski definition) is 2. The topological polar surface area (TPSA) is 6.48 Å². The summed E-state index contributed by atoms with van der Waals surface area (Å²) in [7, 11) is 0. The summed E-state index contributed by atoms with van der Waals surface area (Å²) in [6.07, 6.45) is 0. The summed E-state index contributed by atoms with van der Waals surface area (Å²) in [6.45, 7) is 12.5. The zero-order chi connectivity index (χ0) is 46.1. The van der Waals surface area contributed by atoms with Crippen LogP contribution >= 0.6 is 0 Å². The van der Waals surface area contributed by atoms with Crippen LogP contribution < -0.4 is 9.80 Å². The molecule has 0 unspecified atom stereocenters. The van der Waals surface area contributed by atoms with Crippen molar-refractivity contribution in [1.82, 2.24) is 0 Å². The van der Waals surface area contributed by atoms with Crippen LogP contribution in [-0.4, -0.2) is 0 Å². The minimum Gasteiger partial charge on any atom is -0.307 e. The van der Waals surface area contributed by atoms with E-state index in [1.165, 1.54) is 24.3 Å². The van der Waals surface area contributed by atoms with Gasteiger partial charge in [-0.25, -0.2) is 17.6 Å². The lowest BCUT2D eigenvalue weighted by Gasteiger charge is -2.30. The largest absolute Gasteiger partial charge is 0.307 e. The van der Waals surface area contributed by atoms with Crippen LogP contribution in [0.25, 0.3) is 54.6 Å².